The van der Waals surface area contributed by atoms with Gasteiger partial charge in [0.05, 0.1) is 22.5 Å². The van der Waals surface area contributed by atoms with Gasteiger partial charge in [-0.15, -0.1) is 22.7 Å². The van der Waals surface area contributed by atoms with Gasteiger partial charge in [0.25, 0.3) is 18.2 Å². The Labute approximate surface area is 221 Å². The van der Waals surface area contributed by atoms with Gasteiger partial charge in [0.15, 0.2) is 5.65 Å². The van der Waals surface area contributed by atoms with Gasteiger partial charge in [-0.25, -0.2) is 23.3 Å². The first-order chi connectivity index (χ1) is 18.4. The molecule has 0 aliphatic rings. The Bertz CT molecular complexity index is 1830. The lowest BCUT2D eigenvalue weighted by atomic mass is 10.0. The molecule has 38 heavy (non-hydrogen) atoms. The lowest BCUT2D eigenvalue weighted by Gasteiger charge is -2.11. The number of benzene rings is 1. The fourth-order valence-corrected chi connectivity index (χ4v) is 5.96. The summed E-state index contributed by atoms with van der Waals surface area (Å²) in [4.78, 5) is 35.4. The average molecular weight is 547 g/mol. The van der Waals surface area contributed by atoms with Crippen LogP contribution in [0.5, 0.6) is 0 Å². The molecule has 5 aromatic heterocycles. The number of pyridine rings is 1. The molecule has 1 aromatic carbocycles. The van der Waals surface area contributed by atoms with Crippen molar-refractivity contribution in [1.82, 2.24) is 19.6 Å². The Morgan fingerprint density at radius 3 is 2.61 bits per heavy atom. The van der Waals surface area contributed by atoms with E-state index < -0.39 is 23.9 Å². The SMILES string of the molecule is NC(=O)c1sc2nc(C(F)F)cc(-c3ccccc3)c2c1NC(=O)c1cnn2c(-c3cccs3)ccnc12. The summed E-state index contributed by atoms with van der Waals surface area (Å²) in [5, 5.41) is 9.41. The summed E-state index contributed by atoms with van der Waals surface area (Å²) in [5.41, 5.74) is 7.54. The van der Waals surface area contributed by atoms with Crippen molar-refractivity contribution in [3.05, 3.63) is 88.5 Å². The summed E-state index contributed by atoms with van der Waals surface area (Å²) in [5.74, 6) is -1.41. The molecule has 0 aliphatic heterocycles. The Balaban J connectivity index is 1.51. The smallest absolute Gasteiger partial charge is 0.280 e. The van der Waals surface area contributed by atoms with Gasteiger partial charge in [0.2, 0.25) is 0 Å². The van der Waals surface area contributed by atoms with Crippen LogP contribution in [0.2, 0.25) is 0 Å². The highest BCUT2D eigenvalue weighted by atomic mass is 32.1. The maximum absolute atomic E-state index is 13.7. The van der Waals surface area contributed by atoms with E-state index in [0.29, 0.717) is 22.2 Å². The Morgan fingerprint density at radius 2 is 1.89 bits per heavy atom. The predicted octanol–water partition coefficient (Wildman–Crippen LogP) is 6.02. The quantitative estimate of drug-likeness (QED) is 0.265. The van der Waals surface area contributed by atoms with Gasteiger partial charge in [0, 0.05) is 11.6 Å². The minimum absolute atomic E-state index is 0.00634. The summed E-state index contributed by atoms with van der Waals surface area (Å²) < 4.78 is 29.0. The third kappa shape index (κ3) is 3.99. The highest BCUT2D eigenvalue weighted by molar-refractivity contribution is 7.21. The Kier molecular flexibility index (Phi) is 5.89. The number of halogens is 2. The number of carbonyl (C=O) groups excluding carboxylic acids is 2. The molecule has 188 valence electrons. The van der Waals surface area contributed by atoms with E-state index >= 15 is 0 Å². The molecular formula is C26H16F2N6O2S2. The van der Waals surface area contributed by atoms with Crippen molar-refractivity contribution in [3.8, 4) is 21.7 Å². The summed E-state index contributed by atoms with van der Waals surface area (Å²) in [7, 11) is 0. The van der Waals surface area contributed by atoms with Gasteiger partial charge in [-0.3, -0.25) is 9.59 Å². The number of alkyl halides is 2. The lowest BCUT2D eigenvalue weighted by molar-refractivity contribution is 0.100. The second-order valence-corrected chi connectivity index (χ2v) is 10.1. The van der Waals surface area contributed by atoms with Gasteiger partial charge in [-0.2, -0.15) is 5.10 Å². The summed E-state index contributed by atoms with van der Waals surface area (Å²) in [6.45, 7) is 0. The maximum Gasteiger partial charge on any atom is 0.280 e. The number of aromatic nitrogens is 4. The van der Waals surface area contributed by atoms with Crippen molar-refractivity contribution in [2.24, 2.45) is 5.73 Å². The van der Waals surface area contributed by atoms with Crippen LogP contribution in [0.25, 0.3) is 37.6 Å². The number of anilines is 1. The zero-order chi connectivity index (χ0) is 26.4. The van der Waals surface area contributed by atoms with Crippen LogP contribution in [0, 0.1) is 0 Å². The number of nitrogens with two attached hydrogens (primary N) is 1. The number of rotatable bonds is 6. The number of hydrogen-bond acceptors (Lipinski definition) is 7. The van der Waals surface area contributed by atoms with E-state index in [1.807, 2.05) is 17.5 Å². The third-order valence-corrected chi connectivity index (χ3v) is 7.86. The van der Waals surface area contributed by atoms with Crippen molar-refractivity contribution in [1.29, 1.82) is 0 Å². The van der Waals surface area contributed by atoms with Crippen molar-refractivity contribution in [3.63, 3.8) is 0 Å². The van der Waals surface area contributed by atoms with Crippen molar-refractivity contribution < 1.29 is 18.4 Å². The molecule has 2 amide bonds. The standard InChI is InChI=1S/C26H16F2N6O2S2/c27-22(28)16-11-14(13-5-2-1-3-6-13)19-20(21(23(29)35)38-26(19)32-16)33-25(36)15-12-31-34-17(8-9-30-24(15)34)18-7-4-10-37-18/h1-12,22H,(H2,29,35)(H,33,36). The topological polar surface area (TPSA) is 115 Å². The number of thiophene rings is 2. The monoisotopic (exact) mass is 546 g/mol. The molecule has 0 radical (unpaired) electrons. The van der Waals surface area contributed by atoms with Crippen molar-refractivity contribution in [2.75, 3.05) is 5.32 Å². The number of carbonyl (C=O) groups is 2. The van der Waals surface area contributed by atoms with Crippen LogP contribution < -0.4 is 11.1 Å². The van der Waals surface area contributed by atoms with Crippen LogP contribution in [0.3, 0.4) is 0 Å². The summed E-state index contributed by atoms with van der Waals surface area (Å²) >= 11 is 2.37. The largest absolute Gasteiger partial charge is 0.365 e. The minimum atomic E-state index is -2.83. The number of primary amides is 1. The molecule has 0 saturated carbocycles. The molecule has 5 heterocycles. The molecule has 0 aliphatic carbocycles. The van der Waals surface area contributed by atoms with E-state index in [9.17, 15) is 18.4 Å². The van der Waals surface area contributed by atoms with E-state index in [-0.39, 0.29) is 21.0 Å². The molecule has 12 heteroatoms. The average Bonchev–Trinajstić information content (AvgIpc) is 3.67. The second kappa shape index (κ2) is 9.39. The van der Waals surface area contributed by atoms with Gasteiger partial charge < -0.3 is 11.1 Å². The fraction of sp³-hybridized carbons (Fsp3) is 0.0385. The van der Waals surface area contributed by atoms with E-state index in [4.69, 9.17) is 5.73 Å². The molecule has 0 bridgehead atoms. The zero-order valence-electron chi connectivity index (χ0n) is 19.3. The molecule has 0 unspecified atom stereocenters. The fourth-order valence-electron chi connectivity index (χ4n) is 4.21. The van der Waals surface area contributed by atoms with Gasteiger partial charge in [0.1, 0.15) is 21.0 Å². The van der Waals surface area contributed by atoms with Crippen LogP contribution in [-0.2, 0) is 0 Å². The molecular weight excluding hydrogens is 530 g/mol. The predicted molar refractivity (Wildman–Crippen MR) is 143 cm³/mol. The van der Waals surface area contributed by atoms with E-state index in [0.717, 1.165) is 21.9 Å². The number of hydrogen-bond donors (Lipinski definition) is 2. The lowest BCUT2D eigenvalue weighted by Crippen LogP contribution is -2.17. The first-order valence-electron chi connectivity index (χ1n) is 11.2. The first kappa shape index (κ1) is 23.8. The Morgan fingerprint density at radius 1 is 1.08 bits per heavy atom. The Hall–Kier alpha value is -4.55. The number of nitrogens with one attached hydrogen (secondary N) is 1. The summed E-state index contributed by atoms with van der Waals surface area (Å²) in [6, 6.07) is 15.7. The van der Waals surface area contributed by atoms with Gasteiger partial charge in [-0.05, 0) is 34.7 Å². The van der Waals surface area contributed by atoms with Crippen LogP contribution >= 0.6 is 22.7 Å². The number of nitrogens with zero attached hydrogens (tertiary/aromatic N) is 4. The highest BCUT2D eigenvalue weighted by Gasteiger charge is 2.26. The molecule has 6 rings (SSSR count). The van der Waals surface area contributed by atoms with Crippen LogP contribution in [-0.4, -0.2) is 31.4 Å². The summed E-state index contributed by atoms with van der Waals surface area (Å²) in [6.07, 6.45) is 0.140. The first-order valence-corrected chi connectivity index (χ1v) is 12.9. The van der Waals surface area contributed by atoms with Gasteiger partial charge in [-0.1, -0.05) is 36.4 Å². The van der Waals surface area contributed by atoms with Crippen LogP contribution in [0.4, 0.5) is 14.5 Å². The molecule has 8 nitrogen and oxygen atoms in total. The third-order valence-electron chi connectivity index (χ3n) is 5.87. The highest BCUT2D eigenvalue weighted by Crippen LogP contribution is 2.42. The second-order valence-electron chi connectivity index (χ2n) is 8.17. The molecule has 0 atom stereocenters. The zero-order valence-corrected chi connectivity index (χ0v) is 20.9. The molecule has 0 saturated heterocycles. The maximum atomic E-state index is 13.7. The van der Waals surface area contributed by atoms with Gasteiger partial charge >= 0.3 is 0 Å². The molecule has 3 N–H and O–H groups in total. The molecule has 0 spiro atoms. The van der Waals surface area contributed by atoms with Crippen LogP contribution in [0.1, 0.15) is 32.1 Å². The van der Waals surface area contributed by atoms with E-state index in [1.54, 1.807) is 47.1 Å². The van der Waals surface area contributed by atoms with Crippen molar-refractivity contribution >= 4 is 56.0 Å². The van der Waals surface area contributed by atoms with E-state index in [1.165, 1.54) is 23.6 Å². The number of amides is 2. The molecule has 0 fully saturated rings. The number of fused-ring (bicyclic) bond motifs is 2. The minimum Gasteiger partial charge on any atom is -0.365 e. The molecule has 6 aromatic rings. The van der Waals surface area contributed by atoms with E-state index in [2.05, 4.69) is 20.4 Å². The van der Waals surface area contributed by atoms with Crippen molar-refractivity contribution in [2.45, 2.75) is 6.43 Å². The van der Waals surface area contributed by atoms with Crippen LogP contribution in [0.15, 0.2) is 72.4 Å². The normalized spacial score (nSPS) is 11.4.